The Morgan fingerprint density at radius 3 is 2.57 bits per heavy atom. The second-order valence-corrected chi connectivity index (χ2v) is 8.60. The van der Waals surface area contributed by atoms with Crippen LogP contribution in [-0.2, 0) is 9.53 Å². The number of ether oxygens (including phenoxy) is 1. The minimum Gasteiger partial charge on any atom is -0.463 e. The van der Waals surface area contributed by atoms with E-state index in [1.165, 1.54) is 6.92 Å². The van der Waals surface area contributed by atoms with Crippen LogP contribution in [0.3, 0.4) is 0 Å². The van der Waals surface area contributed by atoms with E-state index in [4.69, 9.17) is 4.74 Å². The molecule has 0 amide bonds. The molecule has 4 heteroatoms. The number of halogens is 1. The molecule has 1 aliphatic carbocycles. The van der Waals surface area contributed by atoms with Crippen molar-refractivity contribution >= 4 is 14.4 Å². The van der Waals surface area contributed by atoms with Gasteiger partial charge in [-0.15, -0.1) is 0 Å². The molecule has 1 saturated carbocycles. The molecule has 1 fully saturated rings. The van der Waals surface area contributed by atoms with Crippen LogP contribution in [0.25, 0.3) is 0 Å². The van der Waals surface area contributed by atoms with Gasteiger partial charge in [0.1, 0.15) is 6.10 Å². The number of hydrogen-bond donors (Lipinski definition) is 0. The Labute approximate surface area is 86.0 Å². The molecule has 0 aromatic carbocycles. The summed E-state index contributed by atoms with van der Waals surface area (Å²) in [4.78, 5) is 10.8. The first kappa shape index (κ1) is 11.7. The number of rotatable bonds is 2. The highest BCUT2D eigenvalue weighted by atomic mass is 28.4. The monoisotopic (exact) mass is 218 g/mol. The van der Waals surface area contributed by atoms with E-state index in [2.05, 4.69) is 0 Å². The van der Waals surface area contributed by atoms with Crippen molar-refractivity contribution in [3.8, 4) is 0 Å². The zero-order valence-electron chi connectivity index (χ0n) is 9.18. The molecule has 0 radical (unpaired) electrons. The van der Waals surface area contributed by atoms with Crippen molar-refractivity contribution < 1.29 is 13.6 Å². The number of esters is 1. The third-order valence-corrected chi connectivity index (χ3v) is 5.40. The summed E-state index contributed by atoms with van der Waals surface area (Å²) in [6, 6.07) is 0. The van der Waals surface area contributed by atoms with Crippen molar-refractivity contribution in [2.45, 2.75) is 57.3 Å². The minimum atomic E-state index is -2.54. The Kier molecular flexibility index (Phi) is 3.69. The fourth-order valence-corrected chi connectivity index (χ4v) is 3.82. The Hall–Kier alpha value is -0.383. The summed E-state index contributed by atoms with van der Waals surface area (Å²) in [6.45, 7) is 4.91. The molecule has 0 spiro atoms. The van der Waals surface area contributed by atoms with Crippen LogP contribution >= 0.6 is 0 Å². The van der Waals surface area contributed by atoms with Crippen molar-refractivity contribution in [2.75, 3.05) is 0 Å². The van der Waals surface area contributed by atoms with Crippen LogP contribution in [0, 0.1) is 0 Å². The highest BCUT2D eigenvalue weighted by Gasteiger charge is 2.37. The van der Waals surface area contributed by atoms with Gasteiger partial charge in [-0.3, -0.25) is 4.79 Å². The van der Waals surface area contributed by atoms with Gasteiger partial charge in [0.25, 0.3) is 0 Å². The van der Waals surface area contributed by atoms with E-state index < -0.39 is 8.41 Å². The lowest BCUT2D eigenvalue weighted by molar-refractivity contribution is -0.147. The first-order chi connectivity index (χ1) is 6.39. The fourth-order valence-electron chi connectivity index (χ4n) is 2.11. The van der Waals surface area contributed by atoms with Gasteiger partial charge in [-0.05, 0) is 37.9 Å². The van der Waals surface area contributed by atoms with Gasteiger partial charge < -0.3 is 8.84 Å². The summed E-state index contributed by atoms with van der Waals surface area (Å²) in [7, 11) is -2.54. The van der Waals surface area contributed by atoms with E-state index in [-0.39, 0.29) is 17.6 Å². The fraction of sp³-hybridized carbons (Fsp3) is 0.900. The Morgan fingerprint density at radius 1 is 1.43 bits per heavy atom. The van der Waals surface area contributed by atoms with Crippen LogP contribution in [-0.4, -0.2) is 20.5 Å². The summed E-state index contributed by atoms with van der Waals surface area (Å²) in [5.74, 6) is -0.242. The highest BCUT2D eigenvalue weighted by molar-refractivity contribution is 6.72. The molecule has 1 rings (SSSR count). The normalized spacial score (nSPS) is 28.6. The maximum atomic E-state index is 13.8. The summed E-state index contributed by atoms with van der Waals surface area (Å²) < 4.78 is 18.9. The Morgan fingerprint density at radius 2 is 2.07 bits per heavy atom. The van der Waals surface area contributed by atoms with Gasteiger partial charge in [0, 0.05) is 6.92 Å². The van der Waals surface area contributed by atoms with Gasteiger partial charge in [0.2, 0.25) is 8.41 Å². The van der Waals surface area contributed by atoms with Gasteiger partial charge in [-0.25, -0.2) is 0 Å². The second-order valence-electron chi connectivity index (χ2n) is 4.66. The standard InChI is InChI=1S/C10H19FO2Si/c1-8(12)13-9-5-4-6-10(7-9)14(2,3)11/h9-10H,4-7H2,1-3H3. The molecule has 0 bridgehead atoms. The number of carbonyl (C=O) groups is 1. The highest BCUT2D eigenvalue weighted by Crippen LogP contribution is 2.38. The molecular formula is C10H19FO2Si. The summed E-state index contributed by atoms with van der Waals surface area (Å²) in [5, 5.41) is 0. The molecule has 1 aliphatic rings. The molecule has 2 nitrogen and oxygen atoms in total. The van der Waals surface area contributed by atoms with Crippen LogP contribution in [0.2, 0.25) is 18.6 Å². The molecule has 82 valence electrons. The maximum Gasteiger partial charge on any atom is 0.302 e. The number of carbonyl (C=O) groups excluding carboxylic acids is 1. The third kappa shape index (κ3) is 3.40. The average molecular weight is 218 g/mol. The van der Waals surface area contributed by atoms with Gasteiger partial charge in [-0.2, -0.15) is 0 Å². The molecule has 2 atom stereocenters. The molecule has 0 aliphatic heterocycles. The minimum absolute atomic E-state index is 0.0335. The predicted molar refractivity (Wildman–Crippen MR) is 56.4 cm³/mol. The average Bonchev–Trinajstić information content (AvgIpc) is 2.01. The molecule has 0 saturated heterocycles. The smallest absolute Gasteiger partial charge is 0.302 e. The lowest BCUT2D eigenvalue weighted by Gasteiger charge is -2.32. The Balaban J connectivity index is 2.48. The maximum absolute atomic E-state index is 13.8. The van der Waals surface area contributed by atoms with Crippen LogP contribution in [0.15, 0.2) is 0 Å². The van der Waals surface area contributed by atoms with Crippen molar-refractivity contribution in [3.05, 3.63) is 0 Å². The molecule has 0 heterocycles. The molecule has 0 aromatic heterocycles. The lowest BCUT2D eigenvalue weighted by atomic mass is 9.97. The van der Waals surface area contributed by atoms with Crippen molar-refractivity contribution in [1.82, 2.24) is 0 Å². The zero-order valence-corrected chi connectivity index (χ0v) is 10.2. The van der Waals surface area contributed by atoms with Crippen molar-refractivity contribution in [2.24, 2.45) is 0 Å². The van der Waals surface area contributed by atoms with Gasteiger partial charge in [0.15, 0.2) is 0 Å². The van der Waals surface area contributed by atoms with Crippen molar-refractivity contribution in [3.63, 3.8) is 0 Å². The Bertz CT molecular complexity index is 213. The predicted octanol–water partition coefficient (Wildman–Crippen LogP) is 3.04. The second kappa shape index (κ2) is 4.42. The summed E-state index contributed by atoms with van der Waals surface area (Å²) in [5.41, 5.74) is 0.167. The van der Waals surface area contributed by atoms with E-state index in [1.54, 1.807) is 13.1 Å². The van der Waals surface area contributed by atoms with Crippen molar-refractivity contribution in [1.29, 1.82) is 0 Å². The first-order valence-corrected chi connectivity index (χ1v) is 8.21. The topological polar surface area (TPSA) is 26.3 Å². The summed E-state index contributed by atoms with van der Waals surface area (Å²) >= 11 is 0. The summed E-state index contributed by atoms with van der Waals surface area (Å²) in [6.07, 6.45) is 3.56. The first-order valence-electron chi connectivity index (χ1n) is 5.25. The SMILES string of the molecule is CC(=O)OC1CCCC([Si](C)(C)F)C1. The van der Waals surface area contributed by atoms with Crippen LogP contribution < -0.4 is 0 Å². The van der Waals surface area contributed by atoms with E-state index in [9.17, 15) is 8.90 Å². The van der Waals surface area contributed by atoms with Gasteiger partial charge >= 0.3 is 5.97 Å². The molecule has 2 unspecified atom stereocenters. The third-order valence-electron chi connectivity index (χ3n) is 2.93. The molecule has 14 heavy (non-hydrogen) atoms. The van der Waals surface area contributed by atoms with Crippen LogP contribution in [0.4, 0.5) is 4.11 Å². The van der Waals surface area contributed by atoms with E-state index in [0.29, 0.717) is 0 Å². The quantitative estimate of drug-likeness (QED) is 0.404. The van der Waals surface area contributed by atoms with E-state index in [0.717, 1.165) is 25.7 Å². The molecule has 0 aromatic rings. The van der Waals surface area contributed by atoms with Gasteiger partial charge in [-0.1, -0.05) is 6.42 Å². The van der Waals surface area contributed by atoms with Gasteiger partial charge in [0.05, 0.1) is 0 Å². The van der Waals surface area contributed by atoms with Crippen LogP contribution in [0.1, 0.15) is 32.6 Å². The largest absolute Gasteiger partial charge is 0.463 e. The molecule has 0 N–H and O–H groups in total. The zero-order chi connectivity index (χ0) is 10.8. The van der Waals surface area contributed by atoms with E-state index in [1.807, 2.05) is 0 Å². The van der Waals surface area contributed by atoms with Crippen LogP contribution in [0.5, 0.6) is 0 Å². The van der Waals surface area contributed by atoms with E-state index >= 15 is 0 Å². The lowest BCUT2D eigenvalue weighted by Crippen LogP contribution is -2.34. The molecular weight excluding hydrogens is 199 g/mol. The number of hydrogen-bond acceptors (Lipinski definition) is 2.